The van der Waals surface area contributed by atoms with Crippen molar-refractivity contribution in [2.75, 3.05) is 0 Å². The van der Waals surface area contributed by atoms with Gasteiger partial charge < -0.3 is 14.2 Å². The number of esters is 2. The van der Waals surface area contributed by atoms with E-state index in [2.05, 4.69) is 41.5 Å². The van der Waals surface area contributed by atoms with Gasteiger partial charge in [0.2, 0.25) is 0 Å². The molecule has 1 aliphatic rings. The zero-order valence-corrected chi connectivity index (χ0v) is 23.0. The van der Waals surface area contributed by atoms with Crippen LogP contribution in [0.5, 0.6) is 11.5 Å². The lowest BCUT2D eigenvalue weighted by Gasteiger charge is -2.43. The van der Waals surface area contributed by atoms with Crippen molar-refractivity contribution in [3.05, 3.63) is 101 Å². The maximum Gasteiger partial charge on any atom is 0.343 e. The zero-order chi connectivity index (χ0) is 27.5. The van der Waals surface area contributed by atoms with Gasteiger partial charge in [0.15, 0.2) is 0 Å². The van der Waals surface area contributed by atoms with Crippen molar-refractivity contribution >= 4 is 18.0 Å². The summed E-state index contributed by atoms with van der Waals surface area (Å²) in [6.07, 6.45) is 3.90. The van der Waals surface area contributed by atoms with E-state index < -0.39 is 11.9 Å². The quantitative estimate of drug-likeness (QED) is 0.185. The van der Waals surface area contributed by atoms with E-state index >= 15 is 0 Å². The highest BCUT2D eigenvalue weighted by Gasteiger charge is 2.41. The van der Waals surface area contributed by atoms with E-state index in [1.165, 1.54) is 6.08 Å². The molecule has 38 heavy (non-hydrogen) atoms. The molecule has 3 aromatic carbocycles. The topological polar surface area (TPSA) is 61.8 Å². The first kappa shape index (κ1) is 27.2. The molecule has 0 aromatic heterocycles. The Kier molecular flexibility index (Phi) is 7.77. The van der Waals surface area contributed by atoms with Gasteiger partial charge in [0, 0.05) is 11.6 Å². The summed E-state index contributed by atoms with van der Waals surface area (Å²) in [7, 11) is 0. The SMILES string of the molecule is CC(C)c1cc(C(=O)Oc2ccc(/C=C\C(=O)OCc3ccccc3)cc2)cc2c1OC(C)(C)CC2(C)C. The molecular weight excluding hydrogens is 476 g/mol. The van der Waals surface area contributed by atoms with E-state index in [0.717, 1.165) is 34.4 Å². The summed E-state index contributed by atoms with van der Waals surface area (Å²) in [5.41, 5.74) is 3.85. The van der Waals surface area contributed by atoms with Crippen LogP contribution in [0.3, 0.4) is 0 Å². The summed E-state index contributed by atoms with van der Waals surface area (Å²) in [5.74, 6) is 0.665. The highest BCUT2D eigenvalue weighted by Crippen LogP contribution is 2.48. The summed E-state index contributed by atoms with van der Waals surface area (Å²) < 4.78 is 17.4. The molecule has 1 heterocycles. The fourth-order valence-electron chi connectivity index (χ4n) is 5.04. The van der Waals surface area contributed by atoms with E-state index in [0.29, 0.717) is 11.3 Å². The number of rotatable bonds is 7. The Morgan fingerprint density at radius 1 is 0.974 bits per heavy atom. The highest BCUT2D eigenvalue weighted by molar-refractivity contribution is 5.92. The van der Waals surface area contributed by atoms with Crippen LogP contribution in [0.25, 0.3) is 6.08 Å². The minimum absolute atomic E-state index is 0.146. The third kappa shape index (κ3) is 6.52. The summed E-state index contributed by atoms with van der Waals surface area (Å²) in [6, 6.07) is 20.3. The van der Waals surface area contributed by atoms with E-state index in [1.807, 2.05) is 42.5 Å². The molecule has 0 amide bonds. The van der Waals surface area contributed by atoms with Crippen molar-refractivity contribution in [2.45, 2.75) is 71.5 Å². The molecule has 0 spiro atoms. The lowest BCUT2D eigenvalue weighted by atomic mass is 9.72. The predicted octanol–water partition coefficient (Wildman–Crippen LogP) is 7.62. The molecule has 0 atom stereocenters. The van der Waals surface area contributed by atoms with Crippen molar-refractivity contribution in [3.63, 3.8) is 0 Å². The van der Waals surface area contributed by atoms with E-state index in [9.17, 15) is 9.59 Å². The molecule has 0 unspecified atom stereocenters. The number of fused-ring (bicyclic) bond motifs is 1. The largest absolute Gasteiger partial charge is 0.487 e. The Hall–Kier alpha value is -3.86. The molecule has 0 aliphatic carbocycles. The average Bonchev–Trinajstić information content (AvgIpc) is 2.86. The number of carbonyl (C=O) groups is 2. The van der Waals surface area contributed by atoms with Crippen molar-refractivity contribution in [1.82, 2.24) is 0 Å². The van der Waals surface area contributed by atoms with Gasteiger partial charge in [0.25, 0.3) is 0 Å². The van der Waals surface area contributed by atoms with Crippen LogP contribution in [0.2, 0.25) is 0 Å². The minimum Gasteiger partial charge on any atom is -0.487 e. The first-order valence-electron chi connectivity index (χ1n) is 13.0. The van der Waals surface area contributed by atoms with Crippen molar-refractivity contribution in [2.24, 2.45) is 0 Å². The second-order valence-corrected chi connectivity index (χ2v) is 11.4. The Bertz CT molecular complexity index is 1330. The normalized spacial score (nSPS) is 15.6. The lowest BCUT2D eigenvalue weighted by molar-refractivity contribution is -0.138. The Labute approximate surface area is 225 Å². The van der Waals surface area contributed by atoms with Crippen LogP contribution in [0.4, 0.5) is 0 Å². The first-order chi connectivity index (χ1) is 17.9. The molecule has 5 heteroatoms. The lowest BCUT2D eigenvalue weighted by Crippen LogP contribution is -2.42. The van der Waals surface area contributed by atoms with Crippen LogP contribution in [-0.2, 0) is 21.6 Å². The van der Waals surface area contributed by atoms with E-state index in [4.69, 9.17) is 14.2 Å². The predicted molar refractivity (Wildman–Crippen MR) is 150 cm³/mol. The Balaban J connectivity index is 1.44. The van der Waals surface area contributed by atoms with Gasteiger partial charge in [-0.25, -0.2) is 9.59 Å². The van der Waals surface area contributed by atoms with Gasteiger partial charge in [0.1, 0.15) is 23.7 Å². The van der Waals surface area contributed by atoms with Crippen LogP contribution >= 0.6 is 0 Å². The monoisotopic (exact) mass is 512 g/mol. The fraction of sp³-hybridized carbons (Fsp3) is 0.333. The molecule has 0 N–H and O–H groups in total. The molecular formula is C33H36O5. The fourth-order valence-corrected chi connectivity index (χ4v) is 5.04. The van der Waals surface area contributed by atoms with Gasteiger partial charge in [-0.15, -0.1) is 0 Å². The van der Waals surface area contributed by atoms with Crippen LogP contribution < -0.4 is 9.47 Å². The smallest absolute Gasteiger partial charge is 0.343 e. The van der Waals surface area contributed by atoms with Crippen molar-refractivity contribution < 1.29 is 23.8 Å². The molecule has 198 valence electrons. The average molecular weight is 513 g/mol. The third-order valence-corrected chi connectivity index (χ3v) is 6.68. The van der Waals surface area contributed by atoms with Gasteiger partial charge >= 0.3 is 11.9 Å². The molecule has 0 saturated carbocycles. The standard InChI is InChI=1S/C33H36O5/c1-22(2)27-18-25(19-28-30(27)38-33(5,6)21-32(28,3)4)31(35)37-26-15-12-23(13-16-26)14-17-29(34)36-20-24-10-8-7-9-11-24/h7-19,22H,20-21H2,1-6H3/b17-14-. The number of hydrogen-bond donors (Lipinski definition) is 0. The maximum atomic E-state index is 13.2. The number of ether oxygens (including phenoxy) is 3. The number of hydrogen-bond acceptors (Lipinski definition) is 5. The minimum atomic E-state index is -0.423. The zero-order valence-electron chi connectivity index (χ0n) is 23.0. The molecule has 1 aliphatic heterocycles. The maximum absolute atomic E-state index is 13.2. The first-order valence-corrected chi connectivity index (χ1v) is 13.0. The second kappa shape index (κ2) is 10.9. The summed E-state index contributed by atoms with van der Waals surface area (Å²) >= 11 is 0. The molecule has 5 nitrogen and oxygen atoms in total. The van der Waals surface area contributed by atoms with Gasteiger partial charge in [-0.2, -0.15) is 0 Å². The summed E-state index contributed by atoms with van der Waals surface area (Å²) in [4.78, 5) is 25.2. The molecule has 0 radical (unpaired) electrons. The molecule has 0 bridgehead atoms. The number of benzene rings is 3. The summed E-state index contributed by atoms with van der Waals surface area (Å²) in [5, 5.41) is 0. The highest BCUT2D eigenvalue weighted by atomic mass is 16.5. The van der Waals surface area contributed by atoms with Crippen molar-refractivity contribution in [1.29, 1.82) is 0 Å². The Morgan fingerprint density at radius 3 is 2.32 bits per heavy atom. The van der Waals surface area contributed by atoms with Crippen molar-refractivity contribution in [3.8, 4) is 11.5 Å². The molecule has 0 saturated heterocycles. The van der Waals surface area contributed by atoms with Crippen LogP contribution in [0, 0.1) is 0 Å². The molecule has 4 rings (SSSR count). The van der Waals surface area contributed by atoms with Crippen LogP contribution in [0.1, 0.15) is 86.5 Å². The molecule has 0 fully saturated rings. The van der Waals surface area contributed by atoms with Gasteiger partial charge in [-0.3, -0.25) is 0 Å². The van der Waals surface area contributed by atoms with E-state index in [1.54, 1.807) is 30.3 Å². The van der Waals surface area contributed by atoms with Gasteiger partial charge in [0.05, 0.1) is 5.56 Å². The second-order valence-electron chi connectivity index (χ2n) is 11.4. The van der Waals surface area contributed by atoms with Crippen LogP contribution in [-0.4, -0.2) is 17.5 Å². The third-order valence-electron chi connectivity index (χ3n) is 6.68. The van der Waals surface area contributed by atoms with Crippen LogP contribution in [0.15, 0.2) is 72.8 Å². The molecule has 3 aromatic rings. The van der Waals surface area contributed by atoms with E-state index in [-0.39, 0.29) is 23.5 Å². The Morgan fingerprint density at radius 2 is 1.66 bits per heavy atom. The van der Waals surface area contributed by atoms with Gasteiger partial charge in [-0.05, 0) is 78.6 Å². The number of carbonyl (C=O) groups excluding carboxylic acids is 2. The summed E-state index contributed by atoms with van der Waals surface area (Å²) in [6.45, 7) is 13.0. The van der Waals surface area contributed by atoms with Gasteiger partial charge in [-0.1, -0.05) is 70.2 Å².